The summed E-state index contributed by atoms with van der Waals surface area (Å²) in [7, 11) is 3.36. The molecule has 0 unspecified atom stereocenters. The molecule has 0 fully saturated rings. The number of nitrogens with one attached hydrogen (secondary N) is 3. The van der Waals surface area contributed by atoms with Crippen molar-refractivity contribution in [2.45, 2.75) is 25.7 Å². The number of amides is 2. The molecule has 0 atom stereocenters. The Hall–Kier alpha value is -3.35. The fourth-order valence-electron chi connectivity index (χ4n) is 3.74. The van der Waals surface area contributed by atoms with Gasteiger partial charge in [-0.25, -0.2) is 0 Å². The molecule has 0 radical (unpaired) electrons. The number of aliphatic imine (C=N–C) groups is 1. The number of anilines is 1. The number of para-hydroxylation sites is 1. The third-order valence-corrected chi connectivity index (χ3v) is 5.39. The summed E-state index contributed by atoms with van der Waals surface area (Å²) in [4.78, 5) is 30.5. The number of rotatable bonds is 8. The van der Waals surface area contributed by atoms with E-state index in [1.165, 1.54) is 5.56 Å². The van der Waals surface area contributed by atoms with Crippen LogP contribution >= 0.6 is 0 Å². The zero-order valence-electron chi connectivity index (χ0n) is 18.3. The van der Waals surface area contributed by atoms with Crippen LogP contribution in [0.5, 0.6) is 0 Å². The SMILES string of the molecule is CN=C(NCCCC(=O)N1CCc2ccccc21)NCCc1cccc(C(=O)NC)c1. The molecule has 31 heavy (non-hydrogen) atoms. The molecule has 1 aliphatic rings. The summed E-state index contributed by atoms with van der Waals surface area (Å²) in [5.74, 6) is 0.798. The molecule has 0 aromatic heterocycles. The lowest BCUT2D eigenvalue weighted by Crippen LogP contribution is -2.39. The van der Waals surface area contributed by atoms with E-state index in [0.29, 0.717) is 31.0 Å². The minimum Gasteiger partial charge on any atom is -0.356 e. The Morgan fingerprint density at radius 2 is 1.87 bits per heavy atom. The first-order valence-corrected chi connectivity index (χ1v) is 10.8. The topological polar surface area (TPSA) is 85.8 Å². The predicted molar refractivity (Wildman–Crippen MR) is 125 cm³/mol. The molecule has 2 aromatic carbocycles. The first kappa shape index (κ1) is 22.3. The van der Waals surface area contributed by atoms with E-state index in [4.69, 9.17) is 0 Å². The number of hydrogen-bond acceptors (Lipinski definition) is 3. The van der Waals surface area contributed by atoms with Crippen molar-refractivity contribution in [3.05, 3.63) is 65.2 Å². The maximum Gasteiger partial charge on any atom is 0.251 e. The number of fused-ring (bicyclic) bond motifs is 1. The van der Waals surface area contributed by atoms with Crippen molar-refractivity contribution in [3.63, 3.8) is 0 Å². The van der Waals surface area contributed by atoms with Crippen molar-refractivity contribution in [2.24, 2.45) is 4.99 Å². The van der Waals surface area contributed by atoms with E-state index in [0.717, 1.165) is 37.1 Å². The van der Waals surface area contributed by atoms with Crippen LogP contribution in [-0.4, -0.2) is 51.5 Å². The molecule has 0 saturated heterocycles. The van der Waals surface area contributed by atoms with Gasteiger partial charge in [-0.05, 0) is 48.6 Å². The van der Waals surface area contributed by atoms with Gasteiger partial charge in [0.25, 0.3) is 5.91 Å². The highest BCUT2D eigenvalue weighted by molar-refractivity contribution is 5.95. The molecule has 0 aliphatic carbocycles. The Kier molecular flexibility index (Phi) is 8.04. The number of carbonyl (C=O) groups excluding carboxylic acids is 2. The molecule has 3 N–H and O–H groups in total. The van der Waals surface area contributed by atoms with Crippen LogP contribution in [0, 0.1) is 0 Å². The first-order valence-electron chi connectivity index (χ1n) is 10.8. The van der Waals surface area contributed by atoms with Crippen LogP contribution in [0.15, 0.2) is 53.5 Å². The zero-order chi connectivity index (χ0) is 22.1. The van der Waals surface area contributed by atoms with Crippen LogP contribution in [0.4, 0.5) is 5.69 Å². The average molecular weight is 422 g/mol. The van der Waals surface area contributed by atoms with Crippen molar-refractivity contribution < 1.29 is 9.59 Å². The van der Waals surface area contributed by atoms with Crippen LogP contribution in [0.2, 0.25) is 0 Å². The van der Waals surface area contributed by atoms with E-state index in [9.17, 15) is 9.59 Å². The molecular weight excluding hydrogens is 390 g/mol. The minimum atomic E-state index is -0.0840. The van der Waals surface area contributed by atoms with Gasteiger partial charge in [-0.15, -0.1) is 0 Å². The fraction of sp³-hybridized carbons (Fsp3) is 0.375. The van der Waals surface area contributed by atoms with Crippen molar-refractivity contribution in [3.8, 4) is 0 Å². The van der Waals surface area contributed by atoms with Gasteiger partial charge in [0.1, 0.15) is 0 Å². The second-order valence-corrected chi connectivity index (χ2v) is 7.48. The Morgan fingerprint density at radius 3 is 2.68 bits per heavy atom. The molecule has 0 saturated carbocycles. The normalized spacial score (nSPS) is 13.0. The van der Waals surface area contributed by atoms with Crippen molar-refractivity contribution in [2.75, 3.05) is 38.6 Å². The second kappa shape index (κ2) is 11.2. The summed E-state index contributed by atoms with van der Waals surface area (Å²) >= 11 is 0. The minimum absolute atomic E-state index is 0.0840. The first-order chi connectivity index (χ1) is 15.1. The number of guanidine groups is 1. The Labute approximate surface area is 183 Å². The van der Waals surface area contributed by atoms with Crippen LogP contribution in [-0.2, 0) is 17.6 Å². The lowest BCUT2D eigenvalue weighted by Gasteiger charge is -2.17. The molecule has 2 aromatic rings. The smallest absolute Gasteiger partial charge is 0.251 e. The summed E-state index contributed by atoms with van der Waals surface area (Å²) in [5, 5.41) is 9.18. The molecule has 7 nitrogen and oxygen atoms in total. The number of benzene rings is 2. The van der Waals surface area contributed by atoms with E-state index in [1.54, 1.807) is 20.2 Å². The fourth-order valence-corrected chi connectivity index (χ4v) is 3.74. The van der Waals surface area contributed by atoms with Crippen molar-refractivity contribution in [1.29, 1.82) is 0 Å². The Balaban J connectivity index is 1.37. The average Bonchev–Trinajstić information content (AvgIpc) is 3.24. The lowest BCUT2D eigenvalue weighted by atomic mass is 10.1. The molecular formula is C24H31N5O2. The number of nitrogens with zero attached hydrogens (tertiary/aromatic N) is 2. The van der Waals surface area contributed by atoms with Gasteiger partial charge in [0.05, 0.1) is 0 Å². The van der Waals surface area contributed by atoms with E-state index in [2.05, 4.69) is 27.0 Å². The van der Waals surface area contributed by atoms with Crippen LogP contribution in [0.25, 0.3) is 0 Å². The van der Waals surface area contributed by atoms with Gasteiger partial charge in [0, 0.05) is 51.4 Å². The summed E-state index contributed by atoms with van der Waals surface area (Å²) in [5.41, 5.74) is 4.05. The van der Waals surface area contributed by atoms with Gasteiger partial charge >= 0.3 is 0 Å². The van der Waals surface area contributed by atoms with Crippen LogP contribution in [0.3, 0.4) is 0 Å². The van der Waals surface area contributed by atoms with Gasteiger partial charge < -0.3 is 20.9 Å². The molecule has 164 valence electrons. The highest BCUT2D eigenvalue weighted by Crippen LogP contribution is 2.27. The van der Waals surface area contributed by atoms with Crippen molar-refractivity contribution in [1.82, 2.24) is 16.0 Å². The number of carbonyl (C=O) groups is 2. The van der Waals surface area contributed by atoms with E-state index >= 15 is 0 Å². The van der Waals surface area contributed by atoms with Crippen LogP contribution in [0.1, 0.15) is 34.3 Å². The molecule has 0 bridgehead atoms. The maximum absolute atomic E-state index is 12.6. The Morgan fingerprint density at radius 1 is 1.06 bits per heavy atom. The van der Waals surface area contributed by atoms with Gasteiger partial charge in [0.15, 0.2) is 5.96 Å². The molecule has 1 aliphatic heterocycles. The van der Waals surface area contributed by atoms with Gasteiger partial charge in [0.2, 0.25) is 5.91 Å². The predicted octanol–water partition coefficient (Wildman–Crippen LogP) is 2.12. The summed E-state index contributed by atoms with van der Waals surface area (Å²) in [6.07, 6.45) is 2.96. The monoisotopic (exact) mass is 421 g/mol. The third kappa shape index (κ3) is 6.07. The van der Waals surface area contributed by atoms with Gasteiger partial charge in [-0.2, -0.15) is 0 Å². The molecule has 7 heteroatoms. The quantitative estimate of drug-likeness (QED) is 0.346. The van der Waals surface area contributed by atoms with Gasteiger partial charge in [-0.1, -0.05) is 30.3 Å². The zero-order valence-corrected chi connectivity index (χ0v) is 18.3. The Bertz CT molecular complexity index is 941. The standard InChI is InChI=1S/C24H31N5O2/c1-25-23(31)20-9-5-7-18(17-20)12-15-28-24(26-2)27-14-6-11-22(30)29-16-13-19-8-3-4-10-21(19)29/h3-5,7-10,17H,6,11-16H2,1-2H3,(H,25,31)(H2,26,27,28). The largest absolute Gasteiger partial charge is 0.356 e. The van der Waals surface area contributed by atoms with Gasteiger partial charge in [-0.3, -0.25) is 14.6 Å². The third-order valence-electron chi connectivity index (χ3n) is 5.39. The summed E-state index contributed by atoms with van der Waals surface area (Å²) in [6, 6.07) is 15.7. The second-order valence-electron chi connectivity index (χ2n) is 7.48. The highest BCUT2D eigenvalue weighted by atomic mass is 16.2. The molecule has 3 rings (SSSR count). The van der Waals surface area contributed by atoms with Crippen molar-refractivity contribution >= 4 is 23.5 Å². The number of hydrogen-bond donors (Lipinski definition) is 3. The van der Waals surface area contributed by atoms with E-state index in [1.807, 2.05) is 41.3 Å². The molecule has 2 amide bonds. The van der Waals surface area contributed by atoms with E-state index in [-0.39, 0.29) is 11.8 Å². The maximum atomic E-state index is 12.6. The summed E-state index contributed by atoms with van der Waals surface area (Å²) < 4.78 is 0. The highest BCUT2D eigenvalue weighted by Gasteiger charge is 2.23. The van der Waals surface area contributed by atoms with E-state index < -0.39 is 0 Å². The summed E-state index contributed by atoms with van der Waals surface area (Å²) in [6.45, 7) is 2.14. The van der Waals surface area contributed by atoms with Crippen LogP contribution < -0.4 is 20.9 Å². The molecule has 1 heterocycles. The molecule has 0 spiro atoms. The lowest BCUT2D eigenvalue weighted by molar-refractivity contribution is -0.118.